The number of amides is 3. The van der Waals surface area contributed by atoms with Crippen molar-refractivity contribution in [1.82, 2.24) is 10.6 Å². The van der Waals surface area contributed by atoms with Crippen molar-refractivity contribution in [2.45, 2.75) is 50.8 Å². The number of aliphatic hydroxyl groups is 1. The van der Waals surface area contributed by atoms with E-state index in [1.165, 1.54) is 6.08 Å². The molecule has 0 saturated carbocycles. The van der Waals surface area contributed by atoms with Gasteiger partial charge in [-0.05, 0) is 77.4 Å². The van der Waals surface area contributed by atoms with Gasteiger partial charge in [0.25, 0.3) is 5.91 Å². The molecule has 0 saturated heterocycles. The van der Waals surface area contributed by atoms with Crippen LogP contribution in [0.4, 0.5) is 5.69 Å². The van der Waals surface area contributed by atoms with E-state index in [9.17, 15) is 24.3 Å². The zero-order valence-electron chi connectivity index (χ0n) is 32.6. The number of aliphatic hydroxyl groups excluding tert-OH is 1. The average molecular weight is 782 g/mol. The Kier molecular flexibility index (Phi) is 16.4. The molecule has 5 aromatic rings. The van der Waals surface area contributed by atoms with Gasteiger partial charge in [-0.25, -0.2) is 0 Å². The van der Waals surface area contributed by atoms with Gasteiger partial charge in [-0.2, -0.15) is 0 Å². The number of esters is 1. The van der Waals surface area contributed by atoms with Gasteiger partial charge in [0.2, 0.25) is 11.8 Å². The largest absolute Gasteiger partial charge is 0.489 e. The van der Waals surface area contributed by atoms with Crippen molar-refractivity contribution in [2.75, 3.05) is 18.5 Å². The third-order valence-electron chi connectivity index (χ3n) is 9.64. The number of nitrogens with one attached hydrogen (secondary N) is 3. The molecule has 5 rings (SSSR count). The Morgan fingerprint density at radius 1 is 0.655 bits per heavy atom. The molecular formula is C48H51N3O7. The fourth-order valence-corrected chi connectivity index (χ4v) is 6.52. The number of fused-ring (bicyclic) bond motifs is 1. The Morgan fingerprint density at radius 2 is 1.28 bits per heavy atom. The number of carbonyl (C=O) groups is 4. The smallest absolute Gasteiger partial charge is 0.309 e. The first-order chi connectivity index (χ1) is 28.2. The molecule has 0 bridgehead atoms. The molecule has 5 aromatic carbocycles. The molecule has 0 aliphatic carbocycles. The Hall–Kier alpha value is -6.52. The van der Waals surface area contributed by atoms with Crippen molar-refractivity contribution >= 4 is 40.2 Å². The number of hydrogen-bond acceptors (Lipinski definition) is 7. The van der Waals surface area contributed by atoms with Crippen LogP contribution < -0.4 is 20.7 Å². The lowest BCUT2D eigenvalue weighted by Crippen LogP contribution is -2.50. The predicted octanol–water partition coefficient (Wildman–Crippen LogP) is 7.12. The molecule has 0 fully saturated rings. The molecule has 3 amide bonds. The first-order valence-corrected chi connectivity index (χ1v) is 19.4. The molecular weight excluding hydrogens is 731 g/mol. The third kappa shape index (κ3) is 13.3. The molecule has 0 spiro atoms. The van der Waals surface area contributed by atoms with Gasteiger partial charge in [-0.1, -0.05) is 115 Å². The molecule has 4 unspecified atom stereocenters. The highest BCUT2D eigenvalue weighted by Crippen LogP contribution is 2.21. The summed E-state index contributed by atoms with van der Waals surface area (Å²) in [5.41, 5.74) is 3.37. The molecule has 58 heavy (non-hydrogen) atoms. The number of hydrogen-bond donors (Lipinski definition) is 4. The van der Waals surface area contributed by atoms with Gasteiger partial charge in [0.15, 0.2) is 0 Å². The summed E-state index contributed by atoms with van der Waals surface area (Å²) in [6.45, 7) is 7.22. The summed E-state index contributed by atoms with van der Waals surface area (Å²) in [6, 6.07) is 38.0. The topological polar surface area (TPSA) is 143 Å². The van der Waals surface area contributed by atoms with Gasteiger partial charge in [0, 0.05) is 12.1 Å². The molecule has 4 atom stereocenters. The molecule has 0 aromatic heterocycles. The second-order valence-corrected chi connectivity index (χ2v) is 14.1. The second kappa shape index (κ2) is 22.3. The van der Waals surface area contributed by atoms with Crippen molar-refractivity contribution in [3.8, 4) is 5.75 Å². The maximum atomic E-state index is 13.8. The summed E-state index contributed by atoms with van der Waals surface area (Å²) >= 11 is 0. The SMILES string of the molecule is C=CCC(CC(=O)NC(CO)Cc1ccc(OCc2ccccc2)cc1)C(=O)NC(COC(=O)C(CC=C)Cc1ccccc1)C(=O)Nc1ccc2ccccc2c1. The first-order valence-electron chi connectivity index (χ1n) is 19.4. The van der Waals surface area contributed by atoms with Gasteiger partial charge in [0.1, 0.15) is 25.0 Å². The fraction of sp³-hybridized carbons (Fsp3) is 0.250. The zero-order chi connectivity index (χ0) is 41.1. The van der Waals surface area contributed by atoms with E-state index in [0.29, 0.717) is 37.3 Å². The fourth-order valence-electron chi connectivity index (χ4n) is 6.52. The first kappa shape index (κ1) is 42.6. The van der Waals surface area contributed by atoms with Crippen LogP contribution in [-0.2, 0) is 43.4 Å². The van der Waals surface area contributed by atoms with Crippen LogP contribution in [0.2, 0.25) is 0 Å². The van der Waals surface area contributed by atoms with Crippen LogP contribution in [0.5, 0.6) is 5.75 Å². The van der Waals surface area contributed by atoms with E-state index in [1.807, 2.05) is 121 Å². The quantitative estimate of drug-likeness (QED) is 0.0433. The van der Waals surface area contributed by atoms with E-state index < -0.39 is 54.2 Å². The van der Waals surface area contributed by atoms with Crippen LogP contribution in [0.15, 0.2) is 153 Å². The van der Waals surface area contributed by atoms with Crippen LogP contribution in [0, 0.1) is 11.8 Å². The molecule has 0 aliphatic heterocycles. The van der Waals surface area contributed by atoms with Crippen LogP contribution in [-0.4, -0.2) is 54.1 Å². The molecule has 0 radical (unpaired) electrons. The van der Waals surface area contributed by atoms with E-state index >= 15 is 0 Å². The van der Waals surface area contributed by atoms with Gasteiger partial charge < -0.3 is 30.5 Å². The molecule has 4 N–H and O–H groups in total. The molecule has 0 aliphatic rings. The molecule has 10 nitrogen and oxygen atoms in total. The highest BCUT2D eigenvalue weighted by atomic mass is 16.5. The lowest BCUT2D eigenvalue weighted by atomic mass is 9.96. The maximum Gasteiger partial charge on any atom is 0.309 e. The Bertz CT molecular complexity index is 2120. The Labute approximate surface area is 340 Å². The zero-order valence-corrected chi connectivity index (χ0v) is 32.6. The van der Waals surface area contributed by atoms with Crippen LogP contribution >= 0.6 is 0 Å². The van der Waals surface area contributed by atoms with Crippen molar-refractivity contribution < 1.29 is 33.8 Å². The lowest BCUT2D eigenvalue weighted by molar-refractivity contribution is -0.150. The third-order valence-corrected chi connectivity index (χ3v) is 9.64. The van der Waals surface area contributed by atoms with Crippen molar-refractivity contribution in [2.24, 2.45) is 11.8 Å². The second-order valence-electron chi connectivity index (χ2n) is 14.1. The van der Waals surface area contributed by atoms with Crippen LogP contribution in [0.25, 0.3) is 10.8 Å². The molecule has 0 heterocycles. The number of anilines is 1. The molecule has 10 heteroatoms. The monoisotopic (exact) mass is 781 g/mol. The highest BCUT2D eigenvalue weighted by molar-refractivity contribution is 5.99. The minimum Gasteiger partial charge on any atom is -0.489 e. The number of benzene rings is 5. The summed E-state index contributed by atoms with van der Waals surface area (Å²) in [6.07, 6.45) is 4.17. The van der Waals surface area contributed by atoms with Crippen molar-refractivity contribution in [1.29, 1.82) is 0 Å². The number of rotatable bonds is 22. The number of allylic oxidation sites excluding steroid dienone is 2. The number of carbonyl (C=O) groups excluding carboxylic acids is 4. The predicted molar refractivity (Wildman–Crippen MR) is 227 cm³/mol. The minimum atomic E-state index is -1.29. The van der Waals surface area contributed by atoms with E-state index in [0.717, 1.165) is 27.5 Å². The number of ether oxygens (including phenoxy) is 2. The van der Waals surface area contributed by atoms with Crippen molar-refractivity contribution in [3.05, 3.63) is 169 Å². The van der Waals surface area contributed by atoms with Gasteiger partial charge >= 0.3 is 5.97 Å². The van der Waals surface area contributed by atoms with Gasteiger partial charge in [-0.15, -0.1) is 13.2 Å². The van der Waals surface area contributed by atoms with E-state index in [1.54, 1.807) is 12.1 Å². The van der Waals surface area contributed by atoms with Crippen LogP contribution in [0.3, 0.4) is 0 Å². The standard InChI is InChI=1S/C48H51N3O7/c1-3-13-39(30-45(53)49-42(31-52)28-35-21-25-43(26-22-35)57-32-36-17-9-6-10-18-36)46(54)51-44(47(55)50-41-24-23-37-19-11-12-20-38(37)29-41)33-58-48(56)40(14-4-2)27-34-15-7-5-8-16-34/h3-12,15-26,29,39-40,42,44,52H,1-2,13-14,27-28,30-33H2,(H,49,53)(H,50,55)(H,51,54). The average Bonchev–Trinajstić information content (AvgIpc) is 3.24. The van der Waals surface area contributed by atoms with Crippen molar-refractivity contribution in [3.63, 3.8) is 0 Å². The summed E-state index contributed by atoms with van der Waals surface area (Å²) in [4.78, 5) is 54.3. The summed E-state index contributed by atoms with van der Waals surface area (Å²) in [7, 11) is 0. The Morgan fingerprint density at radius 3 is 1.95 bits per heavy atom. The minimum absolute atomic E-state index is 0.130. The van der Waals surface area contributed by atoms with Crippen LogP contribution in [0.1, 0.15) is 36.0 Å². The van der Waals surface area contributed by atoms with E-state index in [4.69, 9.17) is 9.47 Å². The maximum absolute atomic E-state index is 13.8. The summed E-state index contributed by atoms with van der Waals surface area (Å²) in [5, 5.41) is 20.5. The Balaban J connectivity index is 1.22. The summed E-state index contributed by atoms with van der Waals surface area (Å²) < 4.78 is 11.6. The van der Waals surface area contributed by atoms with Gasteiger partial charge in [0.05, 0.1) is 24.5 Å². The lowest BCUT2D eigenvalue weighted by Gasteiger charge is -2.23. The highest BCUT2D eigenvalue weighted by Gasteiger charge is 2.30. The molecule has 300 valence electrons. The van der Waals surface area contributed by atoms with E-state index in [-0.39, 0.29) is 19.4 Å². The normalized spacial score (nSPS) is 12.9. The van der Waals surface area contributed by atoms with E-state index in [2.05, 4.69) is 29.1 Å². The summed E-state index contributed by atoms with van der Waals surface area (Å²) in [5.74, 6) is -2.95. The van der Waals surface area contributed by atoms with Gasteiger partial charge in [-0.3, -0.25) is 19.2 Å².